The maximum absolute atomic E-state index is 12.5. The summed E-state index contributed by atoms with van der Waals surface area (Å²) in [7, 11) is 0. The van der Waals surface area contributed by atoms with Crippen LogP contribution in [0.2, 0.25) is 0 Å². The van der Waals surface area contributed by atoms with Crippen LogP contribution in [0, 0.1) is 16.7 Å². The van der Waals surface area contributed by atoms with Gasteiger partial charge in [-0.15, -0.1) is 0 Å². The number of rotatable bonds is 1. The Morgan fingerprint density at radius 1 is 1.25 bits per heavy atom. The van der Waals surface area contributed by atoms with Crippen LogP contribution in [0.5, 0.6) is 0 Å². The minimum atomic E-state index is -0.667. The molecule has 0 spiro atoms. The molecular weight excluding hydrogens is 200 g/mol. The Balaban J connectivity index is 2.17. The van der Waals surface area contributed by atoms with E-state index in [0.717, 1.165) is 32.1 Å². The van der Waals surface area contributed by atoms with E-state index in [2.05, 4.69) is 19.9 Å². The molecule has 1 amide bonds. The number of piperidine rings is 1. The molecule has 2 unspecified atom stereocenters. The van der Waals surface area contributed by atoms with Gasteiger partial charge in [0.2, 0.25) is 5.91 Å². The summed E-state index contributed by atoms with van der Waals surface area (Å²) >= 11 is 0. The van der Waals surface area contributed by atoms with Crippen molar-refractivity contribution in [3.05, 3.63) is 0 Å². The fraction of sp³-hybridized carbons (Fsp3) is 0.846. The van der Waals surface area contributed by atoms with E-state index in [9.17, 15) is 10.1 Å². The minimum Gasteiger partial charge on any atom is -0.336 e. The van der Waals surface area contributed by atoms with Crippen molar-refractivity contribution in [2.75, 3.05) is 0 Å². The van der Waals surface area contributed by atoms with Crippen LogP contribution in [0.1, 0.15) is 52.4 Å². The van der Waals surface area contributed by atoms with Crippen molar-refractivity contribution in [2.24, 2.45) is 5.41 Å². The van der Waals surface area contributed by atoms with Crippen molar-refractivity contribution in [3.63, 3.8) is 0 Å². The molecule has 2 rings (SSSR count). The van der Waals surface area contributed by atoms with Gasteiger partial charge in [0.15, 0.2) is 0 Å². The van der Waals surface area contributed by atoms with E-state index >= 15 is 0 Å². The van der Waals surface area contributed by atoms with Gasteiger partial charge < -0.3 is 4.90 Å². The quantitative estimate of drug-likeness (QED) is 0.681. The second-order valence-electron chi connectivity index (χ2n) is 5.39. The SMILES string of the molecule is CC1CCCC(C)N1C(=O)C1(C#N)CCC1. The molecule has 0 aromatic heterocycles. The molecule has 88 valence electrons. The third-order valence-corrected chi connectivity index (χ3v) is 4.26. The average molecular weight is 220 g/mol. The Morgan fingerprint density at radius 2 is 1.81 bits per heavy atom. The maximum atomic E-state index is 12.5. The summed E-state index contributed by atoms with van der Waals surface area (Å²) in [5.74, 6) is 0.0981. The molecule has 0 aromatic carbocycles. The Hall–Kier alpha value is -1.04. The number of nitrogens with zero attached hydrogens (tertiary/aromatic N) is 2. The van der Waals surface area contributed by atoms with Gasteiger partial charge in [0, 0.05) is 12.1 Å². The van der Waals surface area contributed by atoms with Crippen molar-refractivity contribution in [2.45, 2.75) is 64.5 Å². The lowest BCUT2D eigenvalue weighted by molar-refractivity contribution is -0.149. The molecule has 1 heterocycles. The molecular formula is C13H20N2O. The molecule has 1 aliphatic heterocycles. The highest BCUT2D eigenvalue weighted by Gasteiger charge is 2.49. The van der Waals surface area contributed by atoms with Crippen LogP contribution in [0.15, 0.2) is 0 Å². The Morgan fingerprint density at radius 3 is 2.19 bits per heavy atom. The predicted molar refractivity (Wildman–Crippen MR) is 61.5 cm³/mol. The van der Waals surface area contributed by atoms with Gasteiger partial charge in [-0.1, -0.05) is 0 Å². The normalized spacial score (nSPS) is 32.7. The average Bonchev–Trinajstić information content (AvgIpc) is 2.16. The summed E-state index contributed by atoms with van der Waals surface area (Å²) in [6.07, 6.45) is 5.91. The van der Waals surface area contributed by atoms with Crippen LogP contribution in [0.25, 0.3) is 0 Å². The highest BCUT2D eigenvalue weighted by atomic mass is 16.2. The fourth-order valence-corrected chi connectivity index (χ4v) is 2.97. The van der Waals surface area contributed by atoms with Crippen molar-refractivity contribution in [3.8, 4) is 6.07 Å². The van der Waals surface area contributed by atoms with Crippen LogP contribution in [0.4, 0.5) is 0 Å². The van der Waals surface area contributed by atoms with Crippen molar-refractivity contribution in [1.82, 2.24) is 4.90 Å². The third-order valence-electron chi connectivity index (χ3n) is 4.26. The van der Waals surface area contributed by atoms with Crippen LogP contribution in [-0.2, 0) is 4.79 Å². The number of carbonyl (C=O) groups excluding carboxylic acids is 1. The number of carbonyl (C=O) groups is 1. The second-order valence-corrected chi connectivity index (χ2v) is 5.39. The zero-order valence-electron chi connectivity index (χ0n) is 10.2. The summed E-state index contributed by atoms with van der Waals surface area (Å²) in [5, 5.41) is 9.21. The van der Waals surface area contributed by atoms with E-state index in [1.807, 2.05) is 4.90 Å². The lowest BCUT2D eigenvalue weighted by Gasteiger charge is -2.45. The van der Waals surface area contributed by atoms with E-state index in [4.69, 9.17) is 0 Å². The molecule has 0 radical (unpaired) electrons. The van der Waals surface area contributed by atoms with Gasteiger partial charge in [-0.3, -0.25) is 4.79 Å². The first-order valence-corrected chi connectivity index (χ1v) is 6.35. The van der Waals surface area contributed by atoms with Gasteiger partial charge in [-0.25, -0.2) is 0 Å². The van der Waals surface area contributed by atoms with E-state index in [0.29, 0.717) is 12.1 Å². The van der Waals surface area contributed by atoms with E-state index in [1.54, 1.807) is 0 Å². The molecule has 1 saturated heterocycles. The highest BCUT2D eigenvalue weighted by molar-refractivity contribution is 5.87. The number of hydrogen-bond donors (Lipinski definition) is 0. The lowest BCUT2D eigenvalue weighted by atomic mass is 9.68. The van der Waals surface area contributed by atoms with Gasteiger partial charge in [-0.05, 0) is 52.4 Å². The first kappa shape index (κ1) is 11.4. The van der Waals surface area contributed by atoms with E-state index in [-0.39, 0.29) is 5.91 Å². The molecule has 2 aliphatic rings. The number of nitriles is 1. The van der Waals surface area contributed by atoms with E-state index in [1.165, 1.54) is 6.42 Å². The monoisotopic (exact) mass is 220 g/mol. The minimum absolute atomic E-state index is 0.0981. The smallest absolute Gasteiger partial charge is 0.243 e. The molecule has 2 atom stereocenters. The maximum Gasteiger partial charge on any atom is 0.243 e. The van der Waals surface area contributed by atoms with Crippen LogP contribution < -0.4 is 0 Å². The third kappa shape index (κ3) is 1.61. The summed E-state index contributed by atoms with van der Waals surface area (Å²) in [6, 6.07) is 2.88. The Labute approximate surface area is 97.4 Å². The number of amides is 1. The van der Waals surface area contributed by atoms with Gasteiger partial charge in [0.05, 0.1) is 6.07 Å². The first-order chi connectivity index (χ1) is 7.60. The van der Waals surface area contributed by atoms with Gasteiger partial charge in [0.25, 0.3) is 0 Å². The zero-order chi connectivity index (χ0) is 11.8. The summed E-state index contributed by atoms with van der Waals surface area (Å²) in [6.45, 7) is 4.22. The molecule has 0 aromatic rings. The topological polar surface area (TPSA) is 44.1 Å². The summed E-state index contributed by atoms with van der Waals surface area (Å²) in [5.41, 5.74) is -0.667. The second kappa shape index (κ2) is 4.08. The van der Waals surface area contributed by atoms with Gasteiger partial charge >= 0.3 is 0 Å². The summed E-state index contributed by atoms with van der Waals surface area (Å²) in [4.78, 5) is 14.4. The molecule has 16 heavy (non-hydrogen) atoms. The Kier molecular flexibility index (Phi) is 2.92. The van der Waals surface area contributed by atoms with Crippen molar-refractivity contribution in [1.29, 1.82) is 5.26 Å². The molecule has 3 nitrogen and oxygen atoms in total. The Bertz CT molecular complexity index is 317. The van der Waals surface area contributed by atoms with Crippen molar-refractivity contribution < 1.29 is 4.79 Å². The van der Waals surface area contributed by atoms with Crippen LogP contribution in [0.3, 0.4) is 0 Å². The zero-order valence-corrected chi connectivity index (χ0v) is 10.2. The standard InChI is InChI=1S/C13H20N2O/c1-10-5-3-6-11(2)15(10)12(16)13(9-14)7-4-8-13/h10-11H,3-8H2,1-2H3. The predicted octanol–water partition coefficient (Wildman–Crippen LogP) is 2.47. The van der Waals surface area contributed by atoms with Crippen LogP contribution >= 0.6 is 0 Å². The fourth-order valence-electron chi connectivity index (χ4n) is 2.97. The first-order valence-electron chi connectivity index (χ1n) is 6.35. The molecule has 1 aliphatic carbocycles. The van der Waals surface area contributed by atoms with Gasteiger partial charge in [-0.2, -0.15) is 5.26 Å². The molecule has 2 fully saturated rings. The molecule has 1 saturated carbocycles. The highest BCUT2D eigenvalue weighted by Crippen LogP contribution is 2.43. The van der Waals surface area contributed by atoms with Gasteiger partial charge in [0.1, 0.15) is 5.41 Å². The molecule has 3 heteroatoms. The van der Waals surface area contributed by atoms with Crippen LogP contribution in [-0.4, -0.2) is 22.9 Å². The summed E-state index contributed by atoms with van der Waals surface area (Å²) < 4.78 is 0. The number of likely N-dealkylation sites (tertiary alicyclic amines) is 1. The number of hydrogen-bond acceptors (Lipinski definition) is 2. The molecule has 0 N–H and O–H groups in total. The van der Waals surface area contributed by atoms with Crippen molar-refractivity contribution >= 4 is 5.91 Å². The molecule has 0 bridgehead atoms. The largest absolute Gasteiger partial charge is 0.336 e. The lowest BCUT2D eigenvalue weighted by Crippen LogP contribution is -2.55. The van der Waals surface area contributed by atoms with E-state index < -0.39 is 5.41 Å².